The van der Waals surface area contributed by atoms with E-state index in [2.05, 4.69) is 63.3 Å². The van der Waals surface area contributed by atoms with E-state index in [4.69, 9.17) is 9.47 Å². The Kier molecular flexibility index (Phi) is 39.4. The van der Waals surface area contributed by atoms with Crippen molar-refractivity contribution >= 4 is 11.9 Å². The number of esters is 2. The third-order valence-electron chi connectivity index (χ3n) is 13.9. The number of hydrogen-bond acceptors (Lipinski definition) is 7. The number of rotatable bonds is 44. The predicted molar refractivity (Wildman–Crippen MR) is 263 cm³/mol. The average molecular weight is 862 g/mol. The van der Waals surface area contributed by atoms with Gasteiger partial charge in [-0.3, -0.25) is 9.59 Å². The van der Waals surface area contributed by atoms with Crippen molar-refractivity contribution in [1.82, 2.24) is 14.7 Å². The van der Waals surface area contributed by atoms with Crippen molar-refractivity contribution in [2.45, 2.75) is 241 Å². The van der Waals surface area contributed by atoms with E-state index in [0.29, 0.717) is 25.0 Å². The van der Waals surface area contributed by atoms with Crippen molar-refractivity contribution in [3.05, 3.63) is 0 Å². The molecule has 0 amide bonds. The third kappa shape index (κ3) is 33.9. The Morgan fingerprint density at radius 2 is 0.787 bits per heavy atom. The number of carbonyl (C=O) groups excluding carboxylic acids is 2. The molecular weight excluding hydrogens is 755 g/mol. The molecule has 0 saturated carbocycles. The number of piperazine rings is 1. The van der Waals surface area contributed by atoms with E-state index in [1.807, 2.05) is 0 Å². The minimum absolute atomic E-state index is 0.00296. The molecule has 0 spiro atoms. The smallest absolute Gasteiger partial charge is 0.308 e. The van der Waals surface area contributed by atoms with Crippen LogP contribution in [0.15, 0.2) is 0 Å². The van der Waals surface area contributed by atoms with Crippen LogP contribution in [-0.4, -0.2) is 99.3 Å². The van der Waals surface area contributed by atoms with Gasteiger partial charge in [0.1, 0.15) is 0 Å². The van der Waals surface area contributed by atoms with Gasteiger partial charge in [0.15, 0.2) is 0 Å². The zero-order valence-electron chi connectivity index (χ0n) is 42.3. The molecule has 4 unspecified atom stereocenters. The summed E-state index contributed by atoms with van der Waals surface area (Å²) in [4.78, 5) is 33.7. The SMILES string of the molecule is CCCCCCCCC(CCCC)COC(=O)C(C)CCCCCCN(CCCCCCC(C)C(=O)OCC(CCCC)CCCCCCCC)CCCN1CCN(C)CC1. The maximum atomic E-state index is 12.9. The largest absolute Gasteiger partial charge is 0.465 e. The van der Waals surface area contributed by atoms with Crippen LogP contribution in [0.4, 0.5) is 0 Å². The Balaban J connectivity index is 2.39. The lowest BCUT2D eigenvalue weighted by molar-refractivity contribution is -0.150. The summed E-state index contributed by atoms with van der Waals surface area (Å²) in [5, 5.41) is 0. The lowest BCUT2D eigenvalue weighted by atomic mass is 9.95. The molecule has 0 aliphatic carbocycles. The Labute approximate surface area is 381 Å². The number of unbranched alkanes of at least 4 members (excludes halogenated alkanes) is 18. The van der Waals surface area contributed by atoms with Gasteiger partial charge in [-0.25, -0.2) is 0 Å². The van der Waals surface area contributed by atoms with Crippen molar-refractivity contribution in [2.75, 3.05) is 72.6 Å². The van der Waals surface area contributed by atoms with Crippen LogP contribution in [0.1, 0.15) is 241 Å². The van der Waals surface area contributed by atoms with Crippen LogP contribution in [0, 0.1) is 23.7 Å². The van der Waals surface area contributed by atoms with Crippen LogP contribution in [0.5, 0.6) is 0 Å². The van der Waals surface area contributed by atoms with Crippen molar-refractivity contribution < 1.29 is 19.1 Å². The molecule has 0 radical (unpaired) electrons. The molecule has 1 saturated heterocycles. The van der Waals surface area contributed by atoms with Gasteiger partial charge < -0.3 is 24.2 Å². The summed E-state index contributed by atoms with van der Waals surface area (Å²) in [6.45, 7) is 24.0. The first kappa shape index (κ1) is 57.8. The Bertz CT molecular complexity index is 910. The number of carbonyl (C=O) groups is 2. The molecule has 7 nitrogen and oxygen atoms in total. The van der Waals surface area contributed by atoms with Crippen molar-refractivity contribution in [3.8, 4) is 0 Å². The molecule has 4 atom stereocenters. The van der Waals surface area contributed by atoms with Gasteiger partial charge in [0.05, 0.1) is 25.0 Å². The second-order valence-electron chi connectivity index (χ2n) is 19.9. The summed E-state index contributed by atoms with van der Waals surface area (Å²) >= 11 is 0. The molecule has 1 fully saturated rings. The van der Waals surface area contributed by atoms with Crippen molar-refractivity contribution in [3.63, 3.8) is 0 Å². The van der Waals surface area contributed by atoms with Gasteiger partial charge in [-0.2, -0.15) is 0 Å². The monoisotopic (exact) mass is 862 g/mol. The molecule has 0 aromatic heterocycles. The first-order valence-corrected chi connectivity index (χ1v) is 27.2. The van der Waals surface area contributed by atoms with Crippen LogP contribution in [0.2, 0.25) is 0 Å². The second-order valence-corrected chi connectivity index (χ2v) is 19.9. The first-order chi connectivity index (χ1) is 29.7. The molecule has 0 N–H and O–H groups in total. The van der Waals surface area contributed by atoms with Gasteiger partial charge in [0, 0.05) is 26.2 Å². The standard InChI is InChI=1S/C54H107N3O4/c1-8-12-16-18-20-28-37-51(35-14-10-3)47-60-53(58)49(5)33-26-22-24-30-39-56(41-32-42-57-45-43-55(7)44-46-57)40-31-25-23-27-34-50(6)54(59)61-48-52(36-15-11-4)38-29-21-19-17-13-9-2/h49-52H,8-48H2,1-7H3. The van der Waals surface area contributed by atoms with Gasteiger partial charge in [-0.15, -0.1) is 0 Å². The molecule has 61 heavy (non-hydrogen) atoms. The molecule has 0 aromatic rings. The van der Waals surface area contributed by atoms with E-state index in [-0.39, 0.29) is 23.8 Å². The van der Waals surface area contributed by atoms with E-state index >= 15 is 0 Å². The van der Waals surface area contributed by atoms with Crippen molar-refractivity contribution in [1.29, 1.82) is 0 Å². The maximum absolute atomic E-state index is 12.9. The molecule has 1 rings (SSSR count). The normalized spacial score (nSPS) is 15.9. The van der Waals surface area contributed by atoms with Gasteiger partial charge in [0.25, 0.3) is 0 Å². The molecule has 1 heterocycles. The number of nitrogens with zero attached hydrogens (tertiary/aromatic N) is 3. The van der Waals surface area contributed by atoms with Crippen LogP contribution >= 0.6 is 0 Å². The molecule has 7 heteroatoms. The zero-order chi connectivity index (χ0) is 44.6. The molecular formula is C54H107N3O4. The molecule has 0 aromatic carbocycles. The highest BCUT2D eigenvalue weighted by Crippen LogP contribution is 2.22. The fourth-order valence-electron chi connectivity index (χ4n) is 9.16. The lowest BCUT2D eigenvalue weighted by Crippen LogP contribution is -2.45. The highest BCUT2D eigenvalue weighted by atomic mass is 16.5. The van der Waals surface area contributed by atoms with E-state index in [9.17, 15) is 9.59 Å². The highest BCUT2D eigenvalue weighted by Gasteiger charge is 2.19. The third-order valence-corrected chi connectivity index (χ3v) is 13.9. The number of ether oxygens (including phenoxy) is 2. The van der Waals surface area contributed by atoms with E-state index in [0.717, 1.165) is 25.7 Å². The maximum Gasteiger partial charge on any atom is 0.308 e. The summed E-state index contributed by atoms with van der Waals surface area (Å²) in [6.07, 6.45) is 38.3. The van der Waals surface area contributed by atoms with Crippen LogP contribution in [-0.2, 0) is 19.1 Å². The van der Waals surface area contributed by atoms with Crippen LogP contribution in [0.3, 0.4) is 0 Å². The highest BCUT2D eigenvalue weighted by molar-refractivity contribution is 5.72. The number of likely N-dealkylation sites (N-methyl/N-ethyl adjacent to an activating group) is 1. The van der Waals surface area contributed by atoms with E-state index < -0.39 is 0 Å². The number of hydrogen-bond donors (Lipinski definition) is 0. The predicted octanol–water partition coefficient (Wildman–Crippen LogP) is 14.3. The summed E-state index contributed by atoms with van der Waals surface area (Å²) in [6, 6.07) is 0. The molecule has 0 bridgehead atoms. The molecule has 1 aliphatic rings. The molecule has 1 aliphatic heterocycles. The average Bonchev–Trinajstić information content (AvgIpc) is 3.26. The Hall–Kier alpha value is -1.18. The quantitative estimate of drug-likeness (QED) is 0.0447. The topological polar surface area (TPSA) is 62.3 Å². The van der Waals surface area contributed by atoms with Gasteiger partial charge in [-0.1, -0.05) is 183 Å². The zero-order valence-corrected chi connectivity index (χ0v) is 42.3. The van der Waals surface area contributed by atoms with Gasteiger partial charge in [-0.05, 0) is 103 Å². The lowest BCUT2D eigenvalue weighted by Gasteiger charge is -2.33. The van der Waals surface area contributed by atoms with Crippen LogP contribution in [0.25, 0.3) is 0 Å². The van der Waals surface area contributed by atoms with Crippen molar-refractivity contribution in [2.24, 2.45) is 23.7 Å². The summed E-state index contributed by atoms with van der Waals surface area (Å²) in [7, 11) is 2.24. The molecule has 362 valence electrons. The van der Waals surface area contributed by atoms with Crippen LogP contribution < -0.4 is 0 Å². The summed E-state index contributed by atoms with van der Waals surface area (Å²) in [5.74, 6) is 1.12. The van der Waals surface area contributed by atoms with E-state index in [1.165, 1.54) is 226 Å². The fourth-order valence-corrected chi connectivity index (χ4v) is 9.16. The van der Waals surface area contributed by atoms with Gasteiger partial charge >= 0.3 is 11.9 Å². The van der Waals surface area contributed by atoms with Gasteiger partial charge in [0.2, 0.25) is 0 Å². The fraction of sp³-hybridized carbons (Fsp3) is 0.963. The van der Waals surface area contributed by atoms with E-state index in [1.54, 1.807) is 0 Å². The summed E-state index contributed by atoms with van der Waals surface area (Å²) < 4.78 is 11.8. The minimum atomic E-state index is 0.00296. The minimum Gasteiger partial charge on any atom is -0.465 e. The first-order valence-electron chi connectivity index (χ1n) is 27.2. The Morgan fingerprint density at radius 1 is 0.443 bits per heavy atom. The second kappa shape index (κ2) is 41.5. The Morgan fingerprint density at radius 3 is 1.21 bits per heavy atom. The summed E-state index contributed by atoms with van der Waals surface area (Å²) in [5.41, 5.74) is 0.